The molecule has 302 valence electrons. The number of thiophene rings is 1. The predicted molar refractivity (Wildman–Crippen MR) is 267 cm³/mol. The van der Waals surface area contributed by atoms with E-state index in [4.69, 9.17) is 19.7 Å². The minimum absolute atomic E-state index is 0.560. The Morgan fingerprint density at radius 3 is 1.85 bits per heavy atom. The van der Waals surface area contributed by atoms with Gasteiger partial charge in [0.25, 0.3) is 0 Å². The van der Waals surface area contributed by atoms with Crippen LogP contribution in [0.4, 0.5) is 0 Å². The van der Waals surface area contributed by atoms with E-state index in [1.807, 2.05) is 29.5 Å². The highest BCUT2D eigenvalue weighted by atomic mass is 32.1. The third kappa shape index (κ3) is 5.21. The molecule has 1 aliphatic heterocycles. The number of ether oxygens (including phenoxy) is 1. The summed E-state index contributed by atoms with van der Waals surface area (Å²) in [7, 11) is 0. The van der Waals surface area contributed by atoms with E-state index in [-0.39, 0.29) is 0 Å². The Morgan fingerprint density at radius 1 is 0.400 bits per heavy atom. The lowest BCUT2D eigenvalue weighted by Crippen LogP contribution is -2.32. The summed E-state index contributed by atoms with van der Waals surface area (Å²) in [5, 5.41) is 5.67. The maximum absolute atomic E-state index is 7.18. The smallest absolute Gasteiger partial charge is 0.160 e. The second-order valence-corrected chi connectivity index (χ2v) is 18.0. The minimum Gasteiger partial charge on any atom is -0.456 e. The van der Waals surface area contributed by atoms with Crippen LogP contribution in [0.5, 0.6) is 11.5 Å². The Labute approximate surface area is 378 Å². The van der Waals surface area contributed by atoms with Crippen LogP contribution in [-0.2, 0) is 5.41 Å². The van der Waals surface area contributed by atoms with E-state index < -0.39 is 5.41 Å². The number of para-hydroxylation sites is 2. The topological polar surface area (TPSA) is 47.9 Å². The molecule has 65 heavy (non-hydrogen) atoms. The summed E-state index contributed by atoms with van der Waals surface area (Å²) in [6.45, 7) is 0. The Hall–Kier alpha value is -8.25. The molecule has 1 aliphatic carbocycles. The Kier molecular flexibility index (Phi) is 7.74. The lowest BCUT2D eigenvalue weighted by Gasteiger charge is -2.40. The summed E-state index contributed by atoms with van der Waals surface area (Å²) in [5.41, 5.74) is 14.5. The van der Waals surface area contributed by atoms with Gasteiger partial charge in [-0.05, 0) is 46.5 Å². The average Bonchev–Trinajstić information content (AvgIpc) is 3.90. The van der Waals surface area contributed by atoms with Gasteiger partial charge in [0.2, 0.25) is 0 Å². The first-order valence-electron chi connectivity index (χ1n) is 22.0. The molecule has 4 heterocycles. The van der Waals surface area contributed by atoms with Crippen LogP contribution in [0.25, 0.3) is 98.1 Å². The van der Waals surface area contributed by atoms with Gasteiger partial charge >= 0.3 is 0 Å². The highest BCUT2D eigenvalue weighted by Gasteiger charge is 2.51. The molecule has 0 atom stereocenters. The van der Waals surface area contributed by atoms with Crippen LogP contribution in [0.1, 0.15) is 22.3 Å². The van der Waals surface area contributed by atoms with Crippen LogP contribution in [0.15, 0.2) is 212 Å². The highest BCUT2D eigenvalue weighted by Crippen LogP contribution is 2.63. The zero-order chi connectivity index (χ0) is 42.6. The second kappa shape index (κ2) is 13.9. The molecule has 0 saturated carbocycles. The Balaban J connectivity index is 0.955. The van der Waals surface area contributed by atoms with Gasteiger partial charge in [0.05, 0.1) is 28.0 Å². The molecular weight excluding hydrogens is 811 g/mol. The molecule has 0 fully saturated rings. The first-order valence-corrected chi connectivity index (χ1v) is 22.8. The van der Waals surface area contributed by atoms with E-state index in [0.29, 0.717) is 5.82 Å². The summed E-state index contributed by atoms with van der Waals surface area (Å²) in [5.74, 6) is 2.44. The summed E-state index contributed by atoms with van der Waals surface area (Å²) in [6, 6.07) is 75.7. The molecule has 14 rings (SSSR count). The maximum Gasteiger partial charge on any atom is 0.160 e. The summed E-state index contributed by atoms with van der Waals surface area (Å²) < 4.78 is 9.67. The fraction of sp³-hybridized carbons (Fsp3) is 0.0167. The lowest BCUT2D eigenvalue weighted by atomic mass is 9.65. The molecule has 0 bridgehead atoms. The van der Waals surface area contributed by atoms with Crippen molar-refractivity contribution in [3.05, 3.63) is 235 Å². The maximum atomic E-state index is 7.18. The van der Waals surface area contributed by atoms with Gasteiger partial charge in [-0.25, -0.2) is 15.0 Å². The van der Waals surface area contributed by atoms with Gasteiger partial charge in [-0.15, -0.1) is 11.3 Å². The number of aromatic nitrogens is 3. The van der Waals surface area contributed by atoms with Crippen LogP contribution in [0.2, 0.25) is 0 Å². The second-order valence-electron chi connectivity index (χ2n) is 17.0. The van der Waals surface area contributed by atoms with Crippen molar-refractivity contribution < 1.29 is 4.74 Å². The average molecular weight is 846 g/mol. The third-order valence-electron chi connectivity index (χ3n) is 13.6. The van der Waals surface area contributed by atoms with Crippen molar-refractivity contribution in [2.75, 3.05) is 0 Å². The highest BCUT2D eigenvalue weighted by molar-refractivity contribution is 7.26. The molecule has 5 heteroatoms. The Morgan fingerprint density at radius 2 is 1.03 bits per heavy atom. The first-order chi connectivity index (χ1) is 32.2. The van der Waals surface area contributed by atoms with Crippen molar-refractivity contribution >= 4 is 53.2 Å². The molecule has 3 aromatic heterocycles. The van der Waals surface area contributed by atoms with Crippen LogP contribution in [0.3, 0.4) is 0 Å². The zero-order valence-corrected chi connectivity index (χ0v) is 35.7. The molecular formula is C60H35N3OS. The van der Waals surface area contributed by atoms with E-state index in [0.717, 1.165) is 83.6 Å². The summed E-state index contributed by atoms with van der Waals surface area (Å²) in [4.78, 5) is 15.8. The fourth-order valence-corrected chi connectivity index (χ4v) is 12.0. The van der Waals surface area contributed by atoms with Gasteiger partial charge < -0.3 is 4.74 Å². The van der Waals surface area contributed by atoms with Crippen LogP contribution in [0, 0.1) is 0 Å². The van der Waals surface area contributed by atoms with Gasteiger partial charge in [0.15, 0.2) is 5.82 Å². The number of benzene rings is 9. The Bertz CT molecular complexity index is 3880. The lowest BCUT2D eigenvalue weighted by molar-refractivity contribution is 0.442. The first kappa shape index (κ1) is 36.3. The molecule has 0 unspecified atom stereocenters. The van der Waals surface area contributed by atoms with Crippen molar-refractivity contribution in [3.8, 4) is 67.8 Å². The number of nitrogens with zero attached hydrogens (tertiary/aromatic N) is 3. The fourth-order valence-electron chi connectivity index (χ4n) is 10.8. The van der Waals surface area contributed by atoms with E-state index in [1.165, 1.54) is 42.4 Å². The molecule has 12 aromatic rings. The molecule has 0 N–H and O–H groups in total. The number of hydrogen-bond acceptors (Lipinski definition) is 5. The van der Waals surface area contributed by atoms with Gasteiger partial charge in [0, 0.05) is 69.7 Å². The minimum atomic E-state index is -0.560. The zero-order valence-electron chi connectivity index (χ0n) is 34.9. The van der Waals surface area contributed by atoms with Crippen molar-refractivity contribution in [2.24, 2.45) is 0 Å². The summed E-state index contributed by atoms with van der Waals surface area (Å²) in [6.07, 6.45) is 0. The molecule has 0 amide bonds. The number of rotatable bonds is 4. The van der Waals surface area contributed by atoms with Crippen molar-refractivity contribution in [1.29, 1.82) is 0 Å². The van der Waals surface area contributed by atoms with E-state index in [1.54, 1.807) is 0 Å². The predicted octanol–water partition coefficient (Wildman–Crippen LogP) is 15.7. The summed E-state index contributed by atoms with van der Waals surface area (Å²) >= 11 is 1.82. The van der Waals surface area contributed by atoms with Crippen molar-refractivity contribution in [3.63, 3.8) is 0 Å². The quantitative estimate of drug-likeness (QED) is 0.166. The van der Waals surface area contributed by atoms with E-state index >= 15 is 0 Å². The van der Waals surface area contributed by atoms with E-state index in [9.17, 15) is 0 Å². The van der Waals surface area contributed by atoms with E-state index in [2.05, 4.69) is 194 Å². The van der Waals surface area contributed by atoms with Crippen molar-refractivity contribution in [2.45, 2.75) is 5.41 Å². The molecule has 4 nitrogen and oxygen atoms in total. The molecule has 0 saturated heterocycles. The number of pyridine rings is 1. The molecule has 1 spiro atoms. The van der Waals surface area contributed by atoms with Gasteiger partial charge in [-0.2, -0.15) is 0 Å². The number of hydrogen-bond donors (Lipinski definition) is 0. The van der Waals surface area contributed by atoms with Gasteiger partial charge in [0.1, 0.15) is 11.5 Å². The van der Waals surface area contributed by atoms with Gasteiger partial charge in [-0.1, -0.05) is 188 Å². The standard InChI is InChI=1S/C60H35N3OS/c1-2-15-38(16-3-1)59-62-51(35-52(63-59)44-22-14-21-42-41-19-7-13-28-54(41)65-58(42)44)36-29-31-37(32-30-36)56-45-33-34-49-57(55(45)43-20-6-11-26-50(43)61-56)64-53-27-12-10-25-48(53)60(49)46-23-8-4-17-39(46)40-18-5-9-24-47(40)60/h1-35H. The molecule has 0 radical (unpaired) electrons. The SMILES string of the molecule is c1ccc(-c2nc(-c3ccc(-c4nc5ccccc5c5c6c(ccc45)C4(c5ccccc5O6)c5ccccc5-c5ccccc54)cc3)cc(-c3cccc4c3sc3ccccc34)n2)cc1. The van der Waals surface area contributed by atoms with Crippen LogP contribution < -0.4 is 4.74 Å². The molecule has 2 aliphatic rings. The van der Waals surface area contributed by atoms with Crippen LogP contribution in [-0.4, -0.2) is 15.0 Å². The van der Waals surface area contributed by atoms with Gasteiger partial charge in [-0.3, -0.25) is 0 Å². The van der Waals surface area contributed by atoms with Crippen LogP contribution >= 0.6 is 11.3 Å². The number of fused-ring (bicyclic) bond motifs is 16. The largest absolute Gasteiger partial charge is 0.456 e. The normalized spacial score (nSPS) is 13.2. The van der Waals surface area contributed by atoms with Crippen molar-refractivity contribution in [1.82, 2.24) is 15.0 Å². The monoisotopic (exact) mass is 845 g/mol. The molecule has 9 aromatic carbocycles. The third-order valence-corrected chi connectivity index (χ3v) is 14.8.